The molecule has 0 amide bonds. The Balaban J connectivity index is 2.45. The second-order valence-corrected chi connectivity index (χ2v) is 10.0. The summed E-state index contributed by atoms with van der Waals surface area (Å²) in [7, 11) is -5.84. The highest BCUT2D eigenvalue weighted by Gasteiger charge is 2.26. The first kappa shape index (κ1) is 25.3. The van der Waals surface area contributed by atoms with Crippen LogP contribution in [0.2, 0.25) is 0 Å². The van der Waals surface area contributed by atoms with E-state index in [4.69, 9.17) is 0 Å². The Morgan fingerprint density at radius 3 is 1.94 bits per heavy atom. The zero-order valence-corrected chi connectivity index (χ0v) is 19.6. The summed E-state index contributed by atoms with van der Waals surface area (Å²) in [4.78, 5) is 23.4. The van der Waals surface area contributed by atoms with Crippen molar-refractivity contribution in [2.75, 3.05) is 32.0 Å². The molecular formula is C20H24N2O8S2. The summed E-state index contributed by atoms with van der Waals surface area (Å²) in [6.07, 6.45) is 0. The Morgan fingerprint density at radius 2 is 1.44 bits per heavy atom. The zero-order valence-electron chi connectivity index (χ0n) is 18.0. The van der Waals surface area contributed by atoms with E-state index in [-0.39, 0.29) is 21.7 Å². The SMILES string of the molecule is CCN(CC)S(=O)(=O)c1ccc(NS(=O)(=O)c2cc(C(=O)OC)ccc2C(=O)OC)cc1. The van der Waals surface area contributed by atoms with Crippen LogP contribution in [0.15, 0.2) is 52.3 Å². The summed E-state index contributed by atoms with van der Waals surface area (Å²) >= 11 is 0. The lowest BCUT2D eigenvalue weighted by Gasteiger charge is -2.18. The van der Waals surface area contributed by atoms with E-state index in [9.17, 15) is 26.4 Å². The fraction of sp³-hybridized carbons (Fsp3) is 0.300. The van der Waals surface area contributed by atoms with Gasteiger partial charge in [-0.25, -0.2) is 26.4 Å². The smallest absolute Gasteiger partial charge is 0.339 e. The van der Waals surface area contributed by atoms with Crippen molar-refractivity contribution >= 4 is 37.7 Å². The van der Waals surface area contributed by atoms with Crippen molar-refractivity contribution in [3.8, 4) is 0 Å². The maximum Gasteiger partial charge on any atom is 0.339 e. The highest BCUT2D eigenvalue weighted by atomic mass is 32.2. The van der Waals surface area contributed by atoms with Crippen molar-refractivity contribution in [1.82, 2.24) is 4.31 Å². The number of carbonyl (C=O) groups excluding carboxylic acids is 2. The van der Waals surface area contributed by atoms with E-state index in [1.54, 1.807) is 13.8 Å². The molecule has 2 aromatic rings. The summed E-state index contributed by atoms with van der Waals surface area (Å²) in [6, 6.07) is 8.51. The fourth-order valence-corrected chi connectivity index (χ4v) is 5.62. The van der Waals surface area contributed by atoms with Crippen molar-refractivity contribution in [1.29, 1.82) is 0 Å². The lowest BCUT2D eigenvalue weighted by molar-refractivity contribution is 0.0583. The first-order valence-electron chi connectivity index (χ1n) is 9.45. The van der Waals surface area contributed by atoms with Gasteiger partial charge in [-0.3, -0.25) is 4.72 Å². The van der Waals surface area contributed by atoms with Gasteiger partial charge in [-0.1, -0.05) is 13.8 Å². The van der Waals surface area contributed by atoms with E-state index in [0.29, 0.717) is 13.1 Å². The first-order valence-corrected chi connectivity index (χ1v) is 12.4. The Hall–Kier alpha value is -2.96. The number of rotatable bonds is 9. The third-order valence-electron chi connectivity index (χ3n) is 4.55. The quantitative estimate of drug-likeness (QED) is 0.534. The van der Waals surface area contributed by atoms with Gasteiger partial charge in [-0.05, 0) is 42.5 Å². The van der Waals surface area contributed by atoms with E-state index < -0.39 is 36.9 Å². The molecule has 12 heteroatoms. The van der Waals surface area contributed by atoms with Crippen LogP contribution in [0.3, 0.4) is 0 Å². The summed E-state index contributed by atoms with van der Waals surface area (Å²) in [5.41, 5.74) is -0.308. The average Bonchev–Trinajstić information content (AvgIpc) is 2.78. The molecule has 0 aliphatic heterocycles. The molecule has 2 rings (SSSR count). The molecule has 174 valence electrons. The monoisotopic (exact) mass is 484 g/mol. The van der Waals surface area contributed by atoms with Gasteiger partial charge >= 0.3 is 11.9 Å². The Morgan fingerprint density at radius 1 is 0.875 bits per heavy atom. The van der Waals surface area contributed by atoms with Crippen LogP contribution in [-0.2, 0) is 29.5 Å². The second-order valence-electron chi connectivity index (χ2n) is 6.41. The number of methoxy groups -OCH3 is 2. The molecular weight excluding hydrogens is 460 g/mol. The predicted octanol–water partition coefficient (Wildman–Crippen LogP) is 2.09. The van der Waals surface area contributed by atoms with Gasteiger partial charge in [0.25, 0.3) is 10.0 Å². The third kappa shape index (κ3) is 5.26. The number of anilines is 1. The molecule has 0 heterocycles. The third-order valence-corrected chi connectivity index (χ3v) is 8.03. The molecule has 0 fully saturated rings. The lowest BCUT2D eigenvalue weighted by Crippen LogP contribution is -2.30. The molecule has 0 atom stereocenters. The standard InChI is InChI=1S/C20H24N2O8S2/c1-5-22(6-2)32(27,28)16-10-8-15(9-11-16)21-31(25,26)18-13-14(19(23)29-3)7-12-17(18)20(24)30-4/h7-13,21H,5-6H2,1-4H3. The van der Waals surface area contributed by atoms with Crippen molar-refractivity contribution in [2.45, 2.75) is 23.6 Å². The highest BCUT2D eigenvalue weighted by molar-refractivity contribution is 7.92. The van der Waals surface area contributed by atoms with Gasteiger partial charge in [-0.2, -0.15) is 4.31 Å². The highest BCUT2D eigenvalue weighted by Crippen LogP contribution is 2.24. The van der Waals surface area contributed by atoms with E-state index in [1.807, 2.05) is 0 Å². The number of hydrogen-bond donors (Lipinski definition) is 1. The first-order chi connectivity index (χ1) is 15.0. The molecule has 0 aromatic heterocycles. The number of carbonyl (C=O) groups is 2. The normalized spacial score (nSPS) is 11.8. The van der Waals surface area contributed by atoms with Crippen LogP contribution >= 0.6 is 0 Å². The Kier molecular flexibility index (Phi) is 7.99. The number of benzene rings is 2. The maximum absolute atomic E-state index is 13.0. The average molecular weight is 485 g/mol. The maximum atomic E-state index is 13.0. The van der Waals surface area contributed by atoms with E-state index >= 15 is 0 Å². The number of nitrogens with one attached hydrogen (secondary N) is 1. The minimum atomic E-state index is -4.36. The molecule has 2 aromatic carbocycles. The molecule has 32 heavy (non-hydrogen) atoms. The van der Waals surface area contributed by atoms with Crippen LogP contribution in [0.1, 0.15) is 34.6 Å². The topological polar surface area (TPSA) is 136 Å². The van der Waals surface area contributed by atoms with Crippen LogP contribution in [0.25, 0.3) is 0 Å². The largest absolute Gasteiger partial charge is 0.465 e. The number of ether oxygens (including phenoxy) is 2. The molecule has 0 bridgehead atoms. The van der Waals surface area contributed by atoms with E-state index in [2.05, 4.69) is 14.2 Å². The predicted molar refractivity (Wildman–Crippen MR) is 116 cm³/mol. The van der Waals surface area contributed by atoms with Crippen LogP contribution < -0.4 is 4.72 Å². The molecule has 0 saturated heterocycles. The van der Waals surface area contributed by atoms with Gasteiger partial charge in [-0.15, -0.1) is 0 Å². The number of esters is 2. The molecule has 1 N–H and O–H groups in total. The minimum absolute atomic E-state index is 0.00656. The molecule has 0 radical (unpaired) electrons. The summed E-state index contributed by atoms with van der Waals surface area (Å²) in [5, 5.41) is 0. The van der Waals surface area contributed by atoms with Gasteiger partial charge in [0.05, 0.1) is 30.2 Å². The summed E-state index contributed by atoms with van der Waals surface area (Å²) < 4.78 is 63.9. The lowest BCUT2D eigenvalue weighted by atomic mass is 10.1. The Labute approximate surface area is 187 Å². The number of hydrogen-bond acceptors (Lipinski definition) is 8. The summed E-state index contributed by atoms with van der Waals surface area (Å²) in [5.74, 6) is -1.70. The van der Waals surface area contributed by atoms with Crippen molar-refractivity contribution in [3.63, 3.8) is 0 Å². The molecule has 0 aliphatic rings. The van der Waals surface area contributed by atoms with E-state index in [1.165, 1.54) is 34.6 Å². The van der Waals surface area contributed by atoms with Gasteiger partial charge in [0.15, 0.2) is 0 Å². The minimum Gasteiger partial charge on any atom is -0.465 e. The van der Waals surface area contributed by atoms with Crippen LogP contribution in [0.4, 0.5) is 5.69 Å². The van der Waals surface area contributed by atoms with Gasteiger partial charge in [0.1, 0.15) is 4.90 Å². The van der Waals surface area contributed by atoms with Crippen molar-refractivity contribution in [2.24, 2.45) is 0 Å². The molecule has 0 aliphatic carbocycles. The van der Waals surface area contributed by atoms with Crippen LogP contribution in [0, 0.1) is 0 Å². The van der Waals surface area contributed by atoms with Crippen LogP contribution in [-0.4, -0.2) is 60.4 Å². The van der Waals surface area contributed by atoms with Gasteiger partial charge in [0.2, 0.25) is 10.0 Å². The van der Waals surface area contributed by atoms with Crippen LogP contribution in [0.5, 0.6) is 0 Å². The molecule has 0 unspecified atom stereocenters. The van der Waals surface area contributed by atoms with E-state index in [0.717, 1.165) is 26.4 Å². The van der Waals surface area contributed by atoms with Gasteiger partial charge < -0.3 is 9.47 Å². The molecule has 0 saturated carbocycles. The van der Waals surface area contributed by atoms with Crippen molar-refractivity contribution < 1.29 is 35.9 Å². The molecule has 0 spiro atoms. The summed E-state index contributed by atoms with van der Waals surface area (Å²) in [6.45, 7) is 4.01. The second kappa shape index (κ2) is 10.1. The van der Waals surface area contributed by atoms with Gasteiger partial charge in [0, 0.05) is 18.8 Å². The fourth-order valence-electron chi connectivity index (χ4n) is 2.89. The van der Waals surface area contributed by atoms with Crippen molar-refractivity contribution in [3.05, 3.63) is 53.6 Å². The zero-order chi connectivity index (χ0) is 24.1. The molecule has 10 nitrogen and oxygen atoms in total. The number of nitrogens with zero attached hydrogens (tertiary/aromatic N) is 1. The number of sulfonamides is 2. The Bertz CT molecular complexity index is 1200.